The number of ether oxygens (including phenoxy) is 1. The number of hydrogen-bond donors (Lipinski definition) is 0. The fourth-order valence-electron chi connectivity index (χ4n) is 3.06. The second-order valence-electron chi connectivity index (χ2n) is 5.23. The van der Waals surface area contributed by atoms with E-state index in [-0.39, 0.29) is 17.9 Å². The van der Waals surface area contributed by atoms with Crippen molar-refractivity contribution in [1.82, 2.24) is 9.80 Å². The SMILES string of the molecule is CCN1CCC2(CCN(C(=O)COC)CC2)C1=O. The van der Waals surface area contributed by atoms with Crippen LogP contribution >= 0.6 is 0 Å². The molecule has 2 rings (SSSR count). The first-order valence-electron chi connectivity index (χ1n) is 6.69. The molecule has 2 fully saturated rings. The highest BCUT2D eigenvalue weighted by molar-refractivity contribution is 5.85. The third-order valence-electron chi connectivity index (χ3n) is 4.32. The summed E-state index contributed by atoms with van der Waals surface area (Å²) in [6.45, 7) is 5.21. The minimum Gasteiger partial charge on any atom is -0.375 e. The van der Waals surface area contributed by atoms with Crippen LogP contribution < -0.4 is 0 Å². The molecule has 0 saturated carbocycles. The molecule has 0 atom stereocenters. The zero-order valence-corrected chi connectivity index (χ0v) is 11.3. The molecule has 0 aromatic carbocycles. The number of rotatable bonds is 3. The molecule has 102 valence electrons. The van der Waals surface area contributed by atoms with Gasteiger partial charge in [0.05, 0.1) is 5.41 Å². The van der Waals surface area contributed by atoms with Crippen molar-refractivity contribution in [1.29, 1.82) is 0 Å². The van der Waals surface area contributed by atoms with Gasteiger partial charge in [-0.25, -0.2) is 0 Å². The zero-order valence-electron chi connectivity index (χ0n) is 11.3. The second kappa shape index (κ2) is 5.26. The first kappa shape index (κ1) is 13.3. The Bertz CT molecular complexity index is 335. The molecule has 0 radical (unpaired) electrons. The zero-order chi connectivity index (χ0) is 13.2. The van der Waals surface area contributed by atoms with Crippen LogP contribution in [0.2, 0.25) is 0 Å². The highest BCUT2D eigenvalue weighted by atomic mass is 16.5. The third-order valence-corrected chi connectivity index (χ3v) is 4.32. The summed E-state index contributed by atoms with van der Waals surface area (Å²) in [4.78, 5) is 27.8. The van der Waals surface area contributed by atoms with Crippen molar-refractivity contribution in [3.05, 3.63) is 0 Å². The smallest absolute Gasteiger partial charge is 0.248 e. The van der Waals surface area contributed by atoms with Gasteiger partial charge in [-0.05, 0) is 26.2 Å². The summed E-state index contributed by atoms with van der Waals surface area (Å²) in [5.74, 6) is 0.328. The molecule has 2 heterocycles. The van der Waals surface area contributed by atoms with Gasteiger partial charge in [0.15, 0.2) is 0 Å². The molecule has 0 aromatic heterocycles. The molecule has 0 unspecified atom stereocenters. The lowest BCUT2D eigenvalue weighted by Gasteiger charge is -2.37. The normalized spacial score (nSPS) is 22.9. The van der Waals surface area contributed by atoms with Crippen molar-refractivity contribution in [2.24, 2.45) is 5.41 Å². The number of hydrogen-bond acceptors (Lipinski definition) is 3. The minimum atomic E-state index is -0.181. The van der Waals surface area contributed by atoms with Crippen LogP contribution in [0.15, 0.2) is 0 Å². The van der Waals surface area contributed by atoms with E-state index in [4.69, 9.17) is 4.74 Å². The summed E-state index contributed by atoms with van der Waals surface area (Å²) < 4.78 is 4.86. The van der Waals surface area contributed by atoms with Crippen LogP contribution in [0.3, 0.4) is 0 Å². The van der Waals surface area contributed by atoms with E-state index < -0.39 is 0 Å². The van der Waals surface area contributed by atoms with Gasteiger partial charge in [-0.2, -0.15) is 0 Å². The van der Waals surface area contributed by atoms with Gasteiger partial charge in [-0.3, -0.25) is 9.59 Å². The maximum Gasteiger partial charge on any atom is 0.248 e. The molecule has 0 aliphatic carbocycles. The largest absolute Gasteiger partial charge is 0.375 e. The molecule has 2 amide bonds. The van der Waals surface area contributed by atoms with Gasteiger partial charge in [0.25, 0.3) is 0 Å². The number of carbonyl (C=O) groups excluding carboxylic acids is 2. The van der Waals surface area contributed by atoms with E-state index >= 15 is 0 Å². The Morgan fingerprint density at radius 3 is 2.39 bits per heavy atom. The molecule has 2 aliphatic rings. The number of nitrogens with zero attached hydrogens (tertiary/aromatic N) is 2. The van der Waals surface area contributed by atoms with Gasteiger partial charge in [-0.15, -0.1) is 0 Å². The monoisotopic (exact) mass is 254 g/mol. The molecule has 18 heavy (non-hydrogen) atoms. The first-order valence-corrected chi connectivity index (χ1v) is 6.69. The van der Waals surface area contributed by atoms with Gasteiger partial charge in [0.1, 0.15) is 6.61 Å². The van der Waals surface area contributed by atoms with E-state index in [1.807, 2.05) is 16.7 Å². The minimum absolute atomic E-state index is 0.0325. The molecule has 0 aromatic rings. The Morgan fingerprint density at radius 2 is 1.89 bits per heavy atom. The summed E-state index contributed by atoms with van der Waals surface area (Å²) in [5, 5.41) is 0. The fraction of sp³-hybridized carbons (Fsp3) is 0.846. The highest BCUT2D eigenvalue weighted by Gasteiger charge is 2.47. The van der Waals surface area contributed by atoms with Gasteiger partial charge in [-0.1, -0.05) is 0 Å². The van der Waals surface area contributed by atoms with Crippen molar-refractivity contribution in [2.75, 3.05) is 39.9 Å². The maximum absolute atomic E-state index is 12.3. The molecular weight excluding hydrogens is 232 g/mol. The number of piperidine rings is 1. The lowest BCUT2D eigenvalue weighted by molar-refractivity contribution is -0.144. The van der Waals surface area contributed by atoms with Gasteiger partial charge in [0.2, 0.25) is 11.8 Å². The quantitative estimate of drug-likeness (QED) is 0.736. The summed E-state index contributed by atoms with van der Waals surface area (Å²) in [6.07, 6.45) is 2.56. The highest BCUT2D eigenvalue weighted by Crippen LogP contribution is 2.41. The molecular formula is C13H22N2O3. The fourth-order valence-corrected chi connectivity index (χ4v) is 3.06. The van der Waals surface area contributed by atoms with E-state index in [1.54, 1.807) is 0 Å². The Morgan fingerprint density at radius 1 is 1.28 bits per heavy atom. The van der Waals surface area contributed by atoms with E-state index in [1.165, 1.54) is 7.11 Å². The number of methoxy groups -OCH3 is 1. The lowest BCUT2D eigenvalue weighted by atomic mass is 9.77. The third kappa shape index (κ3) is 2.23. The summed E-state index contributed by atoms with van der Waals surface area (Å²) in [5.41, 5.74) is -0.181. The van der Waals surface area contributed by atoms with E-state index in [2.05, 4.69) is 0 Å². The van der Waals surface area contributed by atoms with Crippen molar-refractivity contribution in [2.45, 2.75) is 26.2 Å². The van der Waals surface area contributed by atoms with Crippen LogP contribution in [-0.2, 0) is 14.3 Å². The second-order valence-corrected chi connectivity index (χ2v) is 5.23. The molecule has 5 nitrogen and oxygen atoms in total. The average molecular weight is 254 g/mol. The molecule has 0 N–H and O–H groups in total. The molecule has 5 heteroatoms. The Balaban J connectivity index is 1.94. The number of likely N-dealkylation sites (tertiary alicyclic amines) is 2. The predicted molar refractivity (Wildman–Crippen MR) is 67.0 cm³/mol. The van der Waals surface area contributed by atoms with Crippen LogP contribution in [0, 0.1) is 5.41 Å². The Kier molecular flexibility index (Phi) is 3.90. The van der Waals surface area contributed by atoms with Gasteiger partial charge >= 0.3 is 0 Å². The van der Waals surface area contributed by atoms with Gasteiger partial charge in [0, 0.05) is 33.3 Å². The standard InChI is InChI=1S/C13H22N2O3/c1-3-14-7-4-13(12(14)17)5-8-15(9-6-13)11(16)10-18-2/h3-10H2,1-2H3. The summed E-state index contributed by atoms with van der Waals surface area (Å²) in [6, 6.07) is 0. The van der Waals surface area contributed by atoms with Crippen molar-refractivity contribution in [3.63, 3.8) is 0 Å². The molecule has 1 spiro atoms. The van der Waals surface area contributed by atoms with Crippen LogP contribution in [0.25, 0.3) is 0 Å². The Hall–Kier alpha value is -1.10. The maximum atomic E-state index is 12.3. The van der Waals surface area contributed by atoms with Crippen LogP contribution in [-0.4, -0.2) is 61.5 Å². The van der Waals surface area contributed by atoms with Crippen LogP contribution in [0.5, 0.6) is 0 Å². The molecule has 0 bridgehead atoms. The molecule has 2 aliphatic heterocycles. The summed E-state index contributed by atoms with van der Waals surface area (Å²) in [7, 11) is 1.53. The van der Waals surface area contributed by atoms with E-state index in [0.29, 0.717) is 19.0 Å². The van der Waals surface area contributed by atoms with Crippen molar-refractivity contribution in [3.8, 4) is 0 Å². The van der Waals surface area contributed by atoms with Gasteiger partial charge < -0.3 is 14.5 Å². The first-order chi connectivity index (χ1) is 8.63. The number of carbonyl (C=O) groups is 2. The van der Waals surface area contributed by atoms with Crippen LogP contribution in [0.4, 0.5) is 0 Å². The molecule has 2 saturated heterocycles. The Labute approximate surface area is 108 Å². The van der Waals surface area contributed by atoms with Crippen molar-refractivity contribution < 1.29 is 14.3 Å². The topological polar surface area (TPSA) is 49.9 Å². The van der Waals surface area contributed by atoms with E-state index in [0.717, 1.165) is 32.4 Å². The lowest BCUT2D eigenvalue weighted by Crippen LogP contribution is -2.47. The predicted octanol–water partition coefficient (Wildman–Crippen LogP) is 0.494. The van der Waals surface area contributed by atoms with Crippen molar-refractivity contribution >= 4 is 11.8 Å². The average Bonchev–Trinajstić information content (AvgIpc) is 2.68. The summed E-state index contributed by atoms with van der Waals surface area (Å²) >= 11 is 0. The number of amides is 2. The van der Waals surface area contributed by atoms with Crippen LogP contribution in [0.1, 0.15) is 26.2 Å². The van der Waals surface area contributed by atoms with E-state index in [9.17, 15) is 9.59 Å².